The number of nitrogens with one attached hydrogen (secondary N) is 1. The largest absolute Gasteiger partial charge is 0.484 e. The average Bonchev–Trinajstić information content (AvgIpc) is 3.11. The fourth-order valence-electron chi connectivity index (χ4n) is 2.07. The maximum absolute atomic E-state index is 12.0. The van der Waals surface area contributed by atoms with E-state index in [0.717, 1.165) is 16.8 Å². The monoisotopic (exact) mass is 359 g/mol. The summed E-state index contributed by atoms with van der Waals surface area (Å²) >= 11 is 7.26. The second-order valence-corrected chi connectivity index (χ2v) is 6.13. The van der Waals surface area contributed by atoms with Gasteiger partial charge in [0, 0.05) is 21.7 Å². The summed E-state index contributed by atoms with van der Waals surface area (Å²) in [6, 6.07) is 12.7. The Morgan fingerprint density at radius 1 is 1.25 bits per heavy atom. The molecule has 1 amide bonds. The maximum atomic E-state index is 12.0. The smallest absolute Gasteiger partial charge is 0.262 e. The second kappa shape index (κ2) is 7.42. The van der Waals surface area contributed by atoms with E-state index in [4.69, 9.17) is 16.3 Å². The van der Waals surface area contributed by atoms with Crippen molar-refractivity contribution < 1.29 is 9.53 Å². The van der Waals surface area contributed by atoms with Crippen molar-refractivity contribution in [2.45, 2.75) is 6.92 Å². The van der Waals surface area contributed by atoms with E-state index < -0.39 is 0 Å². The molecule has 0 aliphatic carbocycles. The predicted molar refractivity (Wildman–Crippen MR) is 95.7 cm³/mol. The van der Waals surface area contributed by atoms with Crippen molar-refractivity contribution in [2.75, 3.05) is 11.9 Å². The third kappa shape index (κ3) is 4.10. The lowest BCUT2D eigenvalue weighted by molar-refractivity contribution is -0.118. The van der Waals surface area contributed by atoms with Gasteiger partial charge in [0.25, 0.3) is 5.91 Å². The van der Waals surface area contributed by atoms with E-state index in [1.165, 1.54) is 11.5 Å². The van der Waals surface area contributed by atoms with Crippen LogP contribution in [0.25, 0.3) is 11.3 Å². The topological polar surface area (TPSA) is 64.1 Å². The first-order valence-corrected chi connectivity index (χ1v) is 8.39. The van der Waals surface area contributed by atoms with Crippen LogP contribution < -0.4 is 10.1 Å². The molecule has 1 heterocycles. The van der Waals surface area contributed by atoms with E-state index >= 15 is 0 Å². The normalized spacial score (nSPS) is 10.4. The first-order valence-electron chi connectivity index (χ1n) is 7.18. The van der Waals surface area contributed by atoms with Gasteiger partial charge < -0.3 is 10.1 Å². The number of benzene rings is 2. The summed E-state index contributed by atoms with van der Waals surface area (Å²) in [5.74, 6) is 0.379. The molecule has 2 aromatic carbocycles. The van der Waals surface area contributed by atoms with Crippen molar-refractivity contribution in [1.29, 1.82) is 0 Å². The minimum Gasteiger partial charge on any atom is -0.484 e. The number of aromatic nitrogens is 2. The second-order valence-electron chi connectivity index (χ2n) is 5.12. The number of amides is 1. The van der Waals surface area contributed by atoms with Crippen molar-refractivity contribution in [2.24, 2.45) is 0 Å². The lowest BCUT2D eigenvalue weighted by Gasteiger charge is -2.09. The van der Waals surface area contributed by atoms with Gasteiger partial charge in [-0.05, 0) is 54.4 Å². The highest BCUT2D eigenvalue weighted by molar-refractivity contribution is 7.03. The number of nitrogens with zero attached hydrogens (tertiary/aromatic N) is 2. The molecule has 5 nitrogen and oxygen atoms in total. The van der Waals surface area contributed by atoms with Gasteiger partial charge in [-0.25, -0.2) is 0 Å². The fraction of sp³-hybridized carbons (Fsp3) is 0.118. The van der Waals surface area contributed by atoms with Crippen LogP contribution in [0.5, 0.6) is 5.75 Å². The molecule has 0 atom stereocenters. The molecule has 3 aromatic rings. The van der Waals surface area contributed by atoms with E-state index in [2.05, 4.69) is 14.9 Å². The fourth-order valence-corrected chi connectivity index (χ4v) is 2.65. The predicted octanol–water partition coefficient (Wildman–Crippen LogP) is 4.18. The highest BCUT2D eigenvalue weighted by Crippen LogP contribution is 2.22. The Bertz CT molecular complexity index is 836. The molecule has 24 heavy (non-hydrogen) atoms. The van der Waals surface area contributed by atoms with Crippen molar-refractivity contribution in [3.63, 3.8) is 0 Å². The van der Waals surface area contributed by atoms with E-state index in [-0.39, 0.29) is 12.5 Å². The van der Waals surface area contributed by atoms with Gasteiger partial charge in [-0.2, -0.15) is 0 Å². The Hall–Kier alpha value is -2.44. The molecule has 0 saturated carbocycles. The van der Waals surface area contributed by atoms with Gasteiger partial charge in [0.15, 0.2) is 6.61 Å². The minimum atomic E-state index is -0.231. The Morgan fingerprint density at radius 3 is 2.71 bits per heavy atom. The number of hydrogen-bond donors (Lipinski definition) is 1. The molecule has 0 radical (unpaired) electrons. The number of halogens is 1. The Balaban J connectivity index is 1.55. The molecule has 7 heteroatoms. The van der Waals surface area contributed by atoms with E-state index in [0.29, 0.717) is 16.5 Å². The Labute approximate surface area is 148 Å². The number of hydrogen-bond acceptors (Lipinski definition) is 5. The van der Waals surface area contributed by atoms with Crippen molar-refractivity contribution in [3.8, 4) is 17.0 Å². The molecule has 0 bridgehead atoms. The summed E-state index contributed by atoms with van der Waals surface area (Å²) in [5, 5.41) is 9.33. The van der Waals surface area contributed by atoms with Crippen LogP contribution >= 0.6 is 23.1 Å². The van der Waals surface area contributed by atoms with E-state index in [1.807, 2.05) is 36.6 Å². The first-order chi connectivity index (χ1) is 11.6. The summed E-state index contributed by atoms with van der Waals surface area (Å²) in [6.45, 7) is 1.81. The summed E-state index contributed by atoms with van der Waals surface area (Å²) in [5.41, 5.74) is 3.37. The zero-order chi connectivity index (χ0) is 16.9. The number of aryl methyl sites for hydroxylation is 1. The average molecular weight is 360 g/mol. The number of carbonyl (C=O) groups excluding carboxylic acids is 1. The van der Waals surface area contributed by atoms with Gasteiger partial charge in [0.05, 0.1) is 0 Å². The summed E-state index contributed by atoms with van der Waals surface area (Å²) in [4.78, 5) is 12.0. The molecule has 0 unspecified atom stereocenters. The molecule has 3 rings (SSSR count). The lowest BCUT2D eigenvalue weighted by atomic mass is 10.1. The van der Waals surface area contributed by atoms with Gasteiger partial charge in [-0.15, -0.1) is 5.10 Å². The van der Waals surface area contributed by atoms with Gasteiger partial charge in [0.2, 0.25) is 0 Å². The van der Waals surface area contributed by atoms with Crippen LogP contribution in [-0.2, 0) is 4.79 Å². The highest BCUT2D eigenvalue weighted by atomic mass is 35.5. The molecule has 0 saturated heterocycles. The third-order valence-electron chi connectivity index (χ3n) is 3.32. The Morgan fingerprint density at radius 2 is 2.04 bits per heavy atom. The van der Waals surface area contributed by atoms with Gasteiger partial charge >= 0.3 is 0 Å². The van der Waals surface area contributed by atoms with Crippen LogP contribution in [0.15, 0.2) is 47.8 Å². The summed E-state index contributed by atoms with van der Waals surface area (Å²) < 4.78 is 9.30. The van der Waals surface area contributed by atoms with Crippen LogP contribution in [0.2, 0.25) is 5.02 Å². The van der Waals surface area contributed by atoms with Crippen LogP contribution in [-0.4, -0.2) is 22.1 Å². The van der Waals surface area contributed by atoms with Gasteiger partial charge in [-0.3, -0.25) is 4.79 Å². The van der Waals surface area contributed by atoms with Crippen LogP contribution in [0.4, 0.5) is 5.69 Å². The SMILES string of the molecule is Cc1cc(OCC(=O)Nc2ccc(-c3csnn3)cc2)ccc1Cl. The van der Waals surface area contributed by atoms with Crippen LogP contribution in [0.3, 0.4) is 0 Å². The molecule has 1 aromatic heterocycles. The quantitative estimate of drug-likeness (QED) is 0.742. The summed E-state index contributed by atoms with van der Waals surface area (Å²) in [6.07, 6.45) is 0. The number of ether oxygens (including phenoxy) is 1. The lowest BCUT2D eigenvalue weighted by Crippen LogP contribution is -2.20. The molecule has 1 N–H and O–H groups in total. The van der Waals surface area contributed by atoms with Gasteiger partial charge in [0.1, 0.15) is 11.4 Å². The summed E-state index contributed by atoms with van der Waals surface area (Å²) in [7, 11) is 0. The number of carbonyl (C=O) groups is 1. The zero-order valence-electron chi connectivity index (χ0n) is 12.8. The first kappa shape index (κ1) is 16.4. The molecule has 122 valence electrons. The van der Waals surface area contributed by atoms with E-state index in [9.17, 15) is 4.79 Å². The number of anilines is 1. The number of rotatable bonds is 5. The molecule has 0 spiro atoms. The van der Waals surface area contributed by atoms with Crippen molar-refractivity contribution in [1.82, 2.24) is 9.59 Å². The van der Waals surface area contributed by atoms with Gasteiger partial charge in [-0.1, -0.05) is 28.2 Å². The van der Waals surface area contributed by atoms with E-state index in [1.54, 1.807) is 18.2 Å². The Kier molecular flexibility index (Phi) is 5.08. The molecular formula is C17H14ClN3O2S. The van der Waals surface area contributed by atoms with Crippen molar-refractivity contribution >= 4 is 34.7 Å². The molecule has 0 aliphatic heterocycles. The molecule has 0 aliphatic rings. The zero-order valence-corrected chi connectivity index (χ0v) is 14.4. The third-order valence-corrected chi connectivity index (χ3v) is 4.25. The maximum Gasteiger partial charge on any atom is 0.262 e. The standard InChI is InChI=1S/C17H14ClN3O2S/c1-11-8-14(6-7-15(11)18)23-9-17(22)19-13-4-2-12(3-5-13)16-10-24-21-20-16/h2-8,10H,9H2,1H3,(H,19,22). The van der Waals surface area contributed by atoms with Crippen molar-refractivity contribution in [3.05, 3.63) is 58.4 Å². The molecular weight excluding hydrogens is 346 g/mol. The minimum absolute atomic E-state index is 0.0706. The molecule has 0 fully saturated rings. The van der Waals surface area contributed by atoms with Crippen LogP contribution in [0.1, 0.15) is 5.56 Å². The highest BCUT2D eigenvalue weighted by Gasteiger charge is 2.06. The van der Waals surface area contributed by atoms with Crippen LogP contribution in [0, 0.1) is 6.92 Å².